The zero-order valence-corrected chi connectivity index (χ0v) is 9.87. The van der Waals surface area contributed by atoms with E-state index in [0.29, 0.717) is 17.0 Å². The Bertz CT molecular complexity index is 705. The van der Waals surface area contributed by atoms with Crippen LogP contribution in [-0.4, -0.2) is 21.7 Å². The van der Waals surface area contributed by atoms with Crippen molar-refractivity contribution in [1.29, 1.82) is 0 Å². The van der Waals surface area contributed by atoms with Gasteiger partial charge in [-0.1, -0.05) is 12.1 Å². The third-order valence-electron chi connectivity index (χ3n) is 2.77. The Labute approximate surface area is 104 Å². The van der Waals surface area contributed by atoms with Crippen LogP contribution in [0.25, 0.3) is 16.9 Å². The number of rotatable bonds is 2. The van der Waals surface area contributed by atoms with Gasteiger partial charge in [0.05, 0.1) is 7.11 Å². The molecule has 0 aliphatic heterocycles. The van der Waals surface area contributed by atoms with Crippen molar-refractivity contribution in [3.8, 4) is 17.0 Å². The van der Waals surface area contributed by atoms with Crippen molar-refractivity contribution in [2.75, 3.05) is 12.8 Å². The van der Waals surface area contributed by atoms with Crippen LogP contribution in [-0.2, 0) is 0 Å². The van der Waals surface area contributed by atoms with Gasteiger partial charge in [-0.05, 0) is 18.2 Å². The van der Waals surface area contributed by atoms with Gasteiger partial charge in [-0.25, -0.2) is 9.50 Å². The van der Waals surface area contributed by atoms with Crippen LogP contribution in [0.15, 0.2) is 42.7 Å². The summed E-state index contributed by atoms with van der Waals surface area (Å²) in [7, 11) is 1.63. The fourth-order valence-electron chi connectivity index (χ4n) is 1.89. The van der Waals surface area contributed by atoms with Crippen LogP contribution < -0.4 is 10.5 Å². The molecule has 0 aliphatic rings. The van der Waals surface area contributed by atoms with Crippen LogP contribution in [0.3, 0.4) is 0 Å². The summed E-state index contributed by atoms with van der Waals surface area (Å²) in [5.74, 6) is 0.775. The van der Waals surface area contributed by atoms with Crippen molar-refractivity contribution in [2.45, 2.75) is 0 Å². The first kappa shape index (κ1) is 10.6. The van der Waals surface area contributed by atoms with Crippen molar-refractivity contribution in [3.05, 3.63) is 42.7 Å². The molecule has 0 unspecified atom stereocenters. The van der Waals surface area contributed by atoms with Crippen molar-refractivity contribution < 1.29 is 4.74 Å². The van der Waals surface area contributed by atoms with Crippen LogP contribution in [0.4, 0.5) is 5.69 Å². The van der Waals surface area contributed by atoms with Gasteiger partial charge in [0.15, 0.2) is 5.65 Å². The first-order valence-electron chi connectivity index (χ1n) is 5.53. The highest BCUT2D eigenvalue weighted by Gasteiger charge is 2.12. The normalized spacial score (nSPS) is 10.7. The number of nitrogen functional groups attached to an aromatic ring is 1. The van der Waals surface area contributed by atoms with E-state index >= 15 is 0 Å². The van der Waals surface area contributed by atoms with Gasteiger partial charge in [0.2, 0.25) is 0 Å². The molecule has 0 bridgehead atoms. The molecule has 0 aliphatic carbocycles. The van der Waals surface area contributed by atoms with Crippen molar-refractivity contribution in [1.82, 2.24) is 14.6 Å². The Kier molecular flexibility index (Phi) is 2.37. The predicted molar refractivity (Wildman–Crippen MR) is 69.4 cm³/mol. The van der Waals surface area contributed by atoms with Crippen LogP contribution in [0.2, 0.25) is 0 Å². The Morgan fingerprint density at radius 3 is 2.94 bits per heavy atom. The minimum absolute atomic E-state index is 0.573. The zero-order valence-electron chi connectivity index (χ0n) is 9.87. The van der Waals surface area contributed by atoms with Gasteiger partial charge >= 0.3 is 0 Å². The molecule has 1 aromatic carbocycles. The second-order valence-corrected chi connectivity index (χ2v) is 3.88. The van der Waals surface area contributed by atoms with Gasteiger partial charge < -0.3 is 10.5 Å². The minimum Gasteiger partial charge on any atom is -0.497 e. The number of ether oxygens (including phenoxy) is 1. The quantitative estimate of drug-likeness (QED) is 0.744. The molecule has 0 saturated carbocycles. The van der Waals surface area contributed by atoms with E-state index in [9.17, 15) is 0 Å². The number of benzene rings is 1. The number of hydrogen-bond acceptors (Lipinski definition) is 4. The highest BCUT2D eigenvalue weighted by Crippen LogP contribution is 2.29. The lowest BCUT2D eigenvalue weighted by molar-refractivity contribution is 0.415. The smallest absolute Gasteiger partial charge is 0.178 e. The number of nitrogens with zero attached hydrogens (tertiary/aromatic N) is 3. The minimum atomic E-state index is 0.573. The summed E-state index contributed by atoms with van der Waals surface area (Å²) in [6.45, 7) is 0. The molecule has 3 aromatic rings. The number of methoxy groups -OCH3 is 1. The first-order valence-corrected chi connectivity index (χ1v) is 5.53. The SMILES string of the molecule is COc1cccc(-c2nn3cccnc3c2N)c1. The molecule has 0 spiro atoms. The summed E-state index contributed by atoms with van der Waals surface area (Å²) in [6, 6.07) is 9.45. The summed E-state index contributed by atoms with van der Waals surface area (Å²) in [4.78, 5) is 4.21. The van der Waals surface area contributed by atoms with Gasteiger partial charge in [0, 0.05) is 18.0 Å². The number of aromatic nitrogens is 3. The van der Waals surface area contributed by atoms with E-state index in [-0.39, 0.29) is 0 Å². The molecule has 2 N–H and O–H groups in total. The molecular formula is C13H12N4O. The Morgan fingerprint density at radius 1 is 1.28 bits per heavy atom. The summed E-state index contributed by atoms with van der Waals surface area (Å²) >= 11 is 0. The summed E-state index contributed by atoms with van der Waals surface area (Å²) < 4.78 is 6.87. The average Bonchev–Trinajstić information content (AvgIpc) is 2.77. The third-order valence-corrected chi connectivity index (χ3v) is 2.77. The van der Waals surface area contributed by atoms with Gasteiger partial charge in [-0.15, -0.1) is 0 Å². The monoisotopic (exact) mass is 240 g/mol. The van der Waals surface area contributed by atoms with E-state index in [0.717, 1.165) is 11.3 Å². The second-order valence-electron chi connectivity index (χ2n) is 3.88. The third kappa shape index (κ3) is 1.57. The van der Waals surface area contributed by atoms with Crippen LogP contribution >= 0.6 is 0 Å². The fourth-order valence-corrected chi connectivity index (χ4v) is 1.89. The molecule has 18 heavy (non-hydrogen) atoms. The lowest BCUT2D eigenvalue weighted by atomic mass is 10.1. The fraction of sp³-hybridized carbons (Fsp3) is 0.0769. The average molecular weight is 240 g/mol. The van der Waals surface area contributed by atoms with Gasteiger partial charge in [0.25, 0.3) is 0 Å². The number of nitrogens with two attached hydrogens (primary N) is 1. The van der Waals surface area contributed by atoms with Crippen molar-refractivity contribution in [3.63, 3.8) is 0 Å². The van der Waals surface area contributed by atoms with Crippen LogP contribution in [0.1, 0.15) is 0 Å². The molecule has 5 heteroatoms. The van der Waals surface area contributed by atoms with E-state index in [2.05, 4.69) is 10.1 Å². The first-order chi connectivity index (χ1) is 8.79. The Morgan fingerprint density at radius 2 is 2.17 bits per heavy atom. The maximum absolute atomic E-state index is 6.08. The Balaban J connectivity index is 2.21. The summed E-state index contributed by atoms with van der Waals surface area (Å²) in [6.07, 6.45) is 3.52. The topological polar surface area (TPSA) is 65.4 Å². The van der Waals surface area contributed by atoms with E-state index < -0.39 is 0 Å². The lowest BCUT2D eigenvalue weighted by Crippen LogP contribution is -1.89. The molecule has 0 amide bonds. The molecule has 0 saturated heterocycles. The molecule has 3 rings (SSSR count). The van der Waals surface area contributed by atoms with Gasteiger partial charge in [0.1, 0.15) is 17.1 Å². The van der Waals surface area contributed by atoms with Crippen LogP contribution in [0, 0.1) is 0 Å². The number of fused-ring (bicyclic) bond motifs is 1. The number of anilines is 1. The predicted octanol–water partition coefficient (Wildman–Crippen LogP) is 1.99. The van der Waals surface area contributed by atoms with E-state index in [4.69, 9.17) is 10.5 Å². The van der Waals surface area contributed by atoms with Gasteiger partial charge in [-0.2, -0.15) is 5.10 Å². The molecule has 0 fully saturated rings. The molecule has 5 nitrogen and oxygen atoms in total. The largest absolute Gasteiger partial charge is 0.497 e. The van der Waals surface area contributed by atoms with E-state index in [1.165, 1.54) is 0 Å². The Hall–Kier alpha value is -2.56. The molecule has 2 heterocycles. The summed E-state index contributed by atoms with van der Waals surface area (Å²) in [5.41, 5.74) is 8.94. The summed E-state index contributed by atoms with van der Waals surface area (Å²) in [5, 5.41) is 4.43. The maximum Gasteiger partial charge on any atom is 0.178 e. The maximum atomic E-state index is 6.08. The molecule has 0 atom stereocenters. The standard InChI is InChI=1S/C13H12N4O/c1-18-10-5-2-4-9(8-10)12-11(14)13-15-6-3-7-17(13)16-12/h2-8H,14H2,1H3. The van der Waals surface area contributed by atoms with Crippen molar-refractivity contribution >= 4 is 11.3 Å². The molecule has 0 radical (unpaired) electrons. The second kappa shape index (κ2) is 4.03. The van der Waals surface area contributed by atoms with Crippen molar-refractivity contribution in [2.24, 2.45) is 0 Å². The van der Waals surface area contributed by atoms with E-state index in [1.54, 1.807) is 17.8 Å². The lowest BCUT2D eigenvalue weighted by Gasteiger charge is -2.02. The van der Waals surface area contributed by atoms with E-state index in [1.807, 2.05) is 36.5 Å². The molecule has 90 valence electrons. The number of hydrogen-bond donors (Lipinski definition) is 1. The highest BCUT2D eigenvalue weighted by atomic mass is 16.5. The van der Waals surface area contributed by atoms with Gasteiger partial charge in [-0.3, -0.25) is 0 Å². The highest BCUT2D eigenvalue weighted by molar-refractivity contribution is 5.83. The zero-order chi connectivity index (χ0) is 12.5. The molecular weight excluding hydrogens is 228 g/mol. The molecule has 2 aromatic heterocycles. The van der Waals surface area contributed by atoms with Crippen LogP contribution in [0.5, 0.6) is 5.75 Å².